The standard InChI is InChI=1S/C16H17BrN4O4/c1-2-3-6-21-13-11(14(23)20-16(21)25)12(18-15(24)19-13)9-7-8(17)4-5-10(9)22/h4-5,7,12,22H,2-3,6H2,1H3,(H2,18,19,24)(H,20,23,25). The summed E-state index contributed by atoms with van der Waals surface area (Å²) in [5.41, 5.74) is -0.637. The van der Waals surface area contributed by atoms with E-state index in [1.165, 1.54) is 10.6 Å². The normalized spacial score (nSPS) is 16.1. The van der Waals surface area contributed by atoms with Crippen molar-refractivity contribution in [3.05, 3.63) is 54.6 Å². The van der Waals surface area contributed by atoms with Gasteiger partial charge in [-0.25, -0.2) is 9.59 Å². The maximum absolute atomic E-state index is 12.4. The van der Waals surface area contributed by atoms with Gasteiger partial charge in [0.05, 0.1) is 11.6 Å². The molecule has 0 bridgehead atoms. The first kappa shape index (κ1) is 17.3. The fraction of sp³-hybridized carbons (Fsp3) is 0.312. The van der Waals surface area contributed by atoms with Gasteiger partial charge in [0.25, 0.3) is 5.56 Å². The number of aromatic amines is 1. The number of aromatic hydroxyl groups is 1. The number of carbonyl (C=O) groups is 1. The first-order valence-corrected chi connectivity index (χ1v) is 8.64. The molecule has 2 amide bonds. The molecule has 1 aromatic carbocycles. The predicted octanol–water partition coefficient (Wildman–Crippen LogP) is 2.03. The molecule has 0 spiro atoms. The molecule has 1 aliphatic heterocycles. The van der Waals surface area contributed by atoms with Gasteiger partial charge in [0.1, 0.15) is 11.6 Å². The number of phenolic OH excluding ortho intramolecular Hbond substituents is 1. The number of carbonyl (C=O) groups excluding carboxylic acids is 1. The molecule has 9 heteroatoms. The van der Waals surface area contributed by atoms with Crippen LogP contribution in [0.15, 0.2) is 32.3 Å². The fourth-order valence-corrected chi connectivity index (χ4v) is 3.23. The van der Waals surface area contributed by atoms with E-state index in [-0.39, 0.29) is 17.1 Å². The molecule has 8 nitrogen and oxygen atoms in total. The number of fused-ring (bicyclic) bond motifs is 1. The van der Waals surface area contributed by atoms with Gasteiger partial charge in [-0.3, -0.25) is 19.7 Å². The Bertz CT molecular complexity index is 950. The number of rotatable bonds is 4. The van der Waals surface area contributed by atoms with Crippen molar-refractivity contribution in [2.75, 3.05) is 5.32 Å². The predicted molar refractivity (Wildman–Crippen MR) is 96.0 cm³/mol. The summed E-state index contributed by atoms with van der Waals surface area (Å²) in [4.78, 5) is 39.0. The molecule has 0 aliphatic carbocycles. The van der Waals surface area contributed by atoms with Crippen molar-refractivity contribution in [3.8, 4) is 5.75 Å². The van der Waals surface area contributed by atoms with E-state index in [1.807, 2.05) is 6.92 Å². The van der Waals surface area contributed by atoms with Crippen molar-refractivity contribution in [1.82, 2.24) is 14.9 Å². The molecule has 2 heterocycles. The molecule has 1 unspecified atom stereocenters. The number of phenols is 1. The molecule has 0 radical (unpaired) electrons. The maximum atomic E-state index is 12.4. The summed E-state index contributed by atoms with van der Waals surface area (Å²) < 4.78 is 2.03. The lowest BCUT2D eigenvalue weighted by atomic mass is 9.97. The van der Waals surface area contributed by atoms with E-state index in [2.05, 4.69) is 31.5 Å². The summed E-state index contributed by atoms with van der Waals surface area (Å²) >= 11 is 3.32. The number of benzene rings is 1. The Morgan fingerprint density at radius 3 is 2.76 bits per heavy atom. The molecule has 2 aromatic rings. The van der Waals surface area contributed by atoms with Crippen LogP contribution in [0.3, 0.4) is 0 Å². The van der Waals surface area contributed by atoms with E-state index < -0.39 is 23.3 Å². The number of hydrogen-bond acceptors (Lipinski definition) is 4. The second kappa shape index (κ2) is 6.75. The van der Waals surface area contributed by atoms with Gasteiger partial charge in [-0.05, 0) is 24.6 Å². The SMILES string of the molecule is CCCCn1c2c(c(=O)[nH]c1=O)C(c1cc(Br)ccc1O)NC(=O)N2. The van der Waals surface area contributed by atoms with E-state index in [9.17, 15) is 19.5 Å². The van der Waals surface area contributed by atoms with E-state index in [0.717, 1.165) is 6.42 Å². The lowest BCUT2D eigenvalue weighted by Crippen LogP contribution is -2.46. The third-order valence-electron chi connectivity index (χ3n) is 4.07. The highest BCUT2D eigenvalue weighted by molar-refractivity contribution is 9.10. The molecule has 0 fully saturated rings. The minimum absolute atomic E-state index is 0.0629. The lowest BCUT2D eigenvalue weighted by molar-refractivity contribution is 0.248. The molecule has 0 saturated carbocycles. The van der Waals surface area contributed by atoms with Crippen LogP contribution in [0.25, 0.3) is 0 Å². The molecular weight excluding hydrogens is 392 g/mol. The van der Waals surface area contributed by atoms with Crippen LogP contribution < -0.4 is 21.9 Å². The highest BCUT2D eigenvalue weighted by Gasteiger charge is 2.32. The molecule has 1 aliphatic rings. The third-order valence-corrected chi connectivity index (χ3v) is 4.56. The van der Waals surface area contributed by atoms with Crippen LogP contribution in [0, 0.1) is 0 Å². The minimum Gasteiger partial charge on any atom is -0.508 e. The number of halogens is 1. The van der Waals surface area contributed by atoms with Gasteiger partial charge < -0.3 is 10.4 Å². The lowest BCUT2D eigenvalue weighted by Gasteiger charge is -2.29. The Hall–Kier alpha value is -2.55. The van der Waals surface area contributed by atoms with Crippen molar-refractivity contribution in [1.29, 1.82) is 0 Å². The van der Waals surface area contributed by atoms with Gasteiger partial charge in [0.15, 0.2) is 0 Å². The molecule has 4 N–H and O–H groups in total. The molecule has 132 valence electrons. The maximum Gasteiger partial charge on any atom is 0.329 e. The number of nitrogens with zero attached hydrogens (tertiary/aromatic N) is 1. The number of amides is 2. The van der Waals surface area contributed by atoms with Crippen LogP contribution in [0.4, 0.5) is 10.6 Å². The summed E-state index contributed by atoms with van der Waals surface area (Å²) in [6.45, 7) is 2.34. The monoisotopic (exact) mass is 408 g/mol. The second-order valence-corrected chi connectivity index (χ2v) is 6.68. The zero-order valence-electron chi connectivity index (χ0n) is 13.4. The van der Waals surface area contributed by atoms with Crippen molar-refractivity contribution < 1.29 is 9.90 Å². The molecule has 1 aromatic heterocycles. The quantitative estimate of drug-likeness (QED) is 0.618. The topological polar surface area (TPSA) is 116 Å². The number of H-pyrrole nitrogens is 1. The average molecular weight is 409 g/mol. The number of hydrogen-bond donors (Lipinski definition) is 4. The van der Waals surface area contributed by atoms with Gasteiger partial charge >= 0.3 is 11.7 Å². The summed E-state index contributed by atoms with van der Waals surface area (Å²) in [6, 6.07) is 3.31. The Morgan fingerprint density at radius 1 is 1.28 bits per heavy atom. The van der Waals surface area contributed by atoms with Crippen molar-refractivity contribution >= 4 is 27.8 Å². The largest absolute Gasteiger partial charge is 0.508 e. The third kappa shape index (κ3) is 3.19. The van der Waals surface area contributed by atoms with E-state index in [1.54, 1.807) is 12.1 Å². The zero-order valence-corrected chi connectivity index (χ0v) is 15.0. The average Bonchev–Trinajstić information content (AvgIpc) is 2.56. The van der Waals surface area contributed by atoms with E-state index >= 15 is 0 Å². The van der Waals surface area contributed by atoms with Crippen LogP contribution >= 0.6 is 15.9 Å². The highest BCUT2D eigenvalue weighted by Crippen LogP contribution is 2.34. The number of unbranched alkanes of at least 4 members (excludes halogenated alkanes) is 1. The van der Waals surface area contributed by atoms with Gasteiger partial charge in [-0.2, -0.15) is 0 Å². The van der Waals surface area contributed by atoms with Crippen molar-refractivity contribution in [2.24, 2.45) is 0 Å². The molecule has 3 rings (SSSR count). The number of aromatic nitrogens is 2. The first-order valence-electron chi connectivity index (χ1n) is 7.85. The van der Waals surface area contributed by atoms with Crippen LogP contribution in [0.2, 0.25) is 0 Å². The van der Waals surface area contributed by atoms with Gasteiger partial charge in [0, 0.05) is 16.6 Å². The summed E-state index contributed by atoms with van der Waals surface area (Å²) in [6.07, 6.45) is 1.57. The molecule has 25 heavy (non-hydrogen) atoms. The summed E-state index contributed by atoms with van der Waals surface area (Å²) in [5.74, 6) is 0.0994. The van der Waals surface area contributed by atoms with E-state index in [0.29, 0.717) is 23.0 Å². The zero-order chi connectivity index (χ0) is 18.1. The molecule has 0 saturated heterocycles. The fourth-order valence-electron chi connectivity index (χ4n) is 2.86. The summed E-state index contributed by atoms with van der Waals surface area (Å²) in [5, 5.41) is 15.4. The minimum atomic E-state index is -0.876. The Morgan fingerprint density at radius 2 is 2.04 bits per heavy atom. The number of anilines is 1. The van der Waals surface area contributed by atoms with Gasteiger partial charge in [0.2, 0.25) is 0 Å². The van der Waals surface area contributed by atoms with Crippen LogP contribution in [-0.2, 0) is 6.54 Å². The van der Waals surface area contributed by atoms with Gasteiger partial charge in [-0.1, -0.05) is 29.3 Å². The van der Waals surface area contributed by atoms with E-state index in [4.69, 9.17) is 0 Å². The Balaban J connectivity index is 2.24. The highest BCUT2D eigenvalue weighted by atomic mass is 79.9. The van der Waals surface area contributed by atoms with Crippen molar-refractivity contribution in [3.63, 3.8) is 0 Å². The Kier molecular flexibility index (Phi) is 4.67. The van der Waals surface area contributed by atoms with Crippen LogP contribution in [-0.4, -0.2) is 20.7 Å². The van der Waals surface area contributed by atoms with Crippen LogP contribution in [0.1, 0.15) is 36.9 Å². The summed E-state index contributed by atoms with van der Waals surface area (Å²) in [7, 11) is 0. The Labute approximate surface area is 151 Å². The van der Waals surface area contributed by atoms with Crippen molar-refractivity contribution in [2.45, 2.75) is 32.4 Å². The second-order valence-electron chi connectivity index (χ2n) is 5.76. The molecular formula is C16H17BrN4O4. The smallest absolute Gasteiger partial charge is 0.329 e. The number of nitrogens with one attached hydrogen (secondary N) is 3. The first-order chi connectivity index (χ1) is 11.9. The molecule has 1 atom stereocenters. The van der Waals surface area contributed by atoms with Crippen LogP contribution in [0.5, 0.6) is 5.75 Å². The number of urea groups is 1. The van der Waals surface area contributed by atoms with Gasteiger partial charge in [-0.15, -0.1) is 0 Å².